The van der Waals surface area contributed by atoms with Gasteiger partial charge in [0.2, 0.25) is 0 Å². The van der Waals surface area contributed by atoms with Gasteiger partial charge in [0.15, 0.2) is 0 Å². The van der Waals surface area contributed by atoms with Gasteiger partial charge in [-0.25, -0.2) is 0 Å². The van der Waals surface area contributed by atoms with Crippen molar-refractivity contribution in [1.29, 1.82) is 0 Å². The maximum Gasteiger partial charge on any atom is 0.0997 e. The highest BCUT2D eigenvalue weighted by Gasteiger charge is 1.87. The molecule has 0 saturated carbocycles. The maximum atomic E-state index is 5.80. The van der Waals surface area contributed by atoms with Gasteiger partial charge < -0.3 is 0 Å². The standard InChI is InChI=1S/C16H20ClN/c1-2-3-4-5-6-7-8-13-18-14-15-9-11-16(17)12-10-15/h9-12,14H,2-6,13H2,1H3. The van der Waals surface area contributed by atoms with Gasteiger partial charge in [0.25, 0.3) is 0 Å². The van der Waals surface area contributed by atoms with Crippen molar-refractivity contribution in [2.75, 3.05) is 6.54 Å². The third kappa shape index (κ3) is 7.14. The molecule has 0 aliphatic carbocycles. The zero-order chi connectivity index (χ0) is 13.1. The molecule has 0 radical (unpaired) electrons. The Bertz CT molecular complexity index is 409. The smallest absolute Gasteiger partial charge is 0.0997 e. The van der Waals surface area contributed by atoms with Crippen molar-refractivity contribution >= 4 is 17.8 Å². The van der Waals surface area contributed by atoms with Crippen LogP contribution in [0.15, 0.2) is 29.3 Å². The highest BCUT2D eigenvalue weighted by atomic mass is 35.5. The summed E-state index contributed by atoms with van der Waals surface area (Å²) in [6.45, 7) is 2.80. The number of hydrogen-bond donors (Lipinski definition) is 0. The molecule has 0 aromatic heterocycles. The zero-order valence-electron chi connectivity index (χ0n) is 11.0. The Kier molecular flexibility index (Phi) is 8.01. The molecule has 0 bridgehead atoms. The molecule has 96 valence electrons. The molecule has 0 fully saturated rings. The number of aliphatic imine (C=N–C) groups is 1. The van der Waals surface area contributed by atoms with Gasteiger partial charge in [-0.2, -0.15) is 0 Å². The second kappa shape index (κ2) is 9.74. The topological polar surface area (TPSA) is 12.4 Å². The lowest BCUT2D eigenvalue weighted by molar-refractivity contribution is 0.679. The minimum atomic E-state index is 0.580. The first kappa shape index (κ1) is 14.8. The molecule has 18 heavy (non-hydrogen) atoms. The Morgan fingerprint density at radius 3 is 2.61 bits per heavy atom. The average molecular weight is 262 g/mol. The van der Waals surface area contributed by atoms with E-state index >= 15 is 0 Å². The summed E-state index contributed by atoms with van der Waals surface area (Å²) in [5, 5.41) is 0.749. The van der Waals surface area contributed by atoms with Gasteiger partial charge in [0.1, 0.15) is 0 Å². The Morgan fingerprint density at radius 1 is 1.11 bits per heavy atom. The average Bonchev–Trinajstić information content (AvgIpc) is 2.39. The monoisotopic (exact) mass is 261 g/mol. The van der Waals surface area contributed by atoms with Gasteiger partial charge in [0.05, 0.1) is 6.54 Å². The highest BCUT2D eigenvalue weighted by molar-refractivity contribution is 6.30. The molecule has 0 N–H and O–H groups in total. The number of nitrogens with zero attached hydrogens (tertiary/aromatic N) is 1. The van der Waals surface area contributed by atoms with E-state index in [-0.39, 0.29) is 0 Å². The second-order valence-electron chi connectivity index (χ2n) is 4.19. The summed E-state index contributed by atoms with van der Waals surface area (Å²) in [6, 6.07) is 7.62. The number of unbranched alkanes of at least 4 members (excludes halogenated alkanes) is 4. The van der Waals surface area contributed by atoms with Crippen LogP contribution >= 0.6 is 11.6 Å². The fourth-order valence-corrected chi connectivity index (χ4v) is 1.66. The van der Waals surface area contributed by atoms with Crippen LogP contribution in [-0.4, -0.2) is 12.8 Å². The van der Waals surface area contributed by atoms with E-state index in [9.17, 15) is 0 Å². The van der Waals surface area contributed by atoms with Crippen molar-refractivity contribution in [3.05, 3.63) is 34.9 Å². The van der Waals surface area contributed by atoms with Crippen LogP contribution in [0.1, 0.15) is 44.6 Å². The van der Waals surface area contributed by atoms with Crippen LogP contribution in [0.25, 0.3) is 0 Å². The first-order valence-corrected chi connectivity index (χ1v) is 6.92. The van der Waals surface area contributed by atoms with Gasteiger partial charge >= 0.3 is 0 Å². The Hall–Kier alpha value is -1.26. The van der Waals surface area contributed by atoms with Crippen LogP contribution in [0.4, 0.5) is 0 Å². The molecule has 0 saturated heterocycles. The minimum absolute atomic E-state index is 0.580. The van der Waals surface area contributed by atoms with Crippen LogP contribution in [0.5, 0.6) is 0 Å². The largest absolute Gasteiger partial charge is 0.280 e. The molecule has 0 aliphatic heterocycles. The summed E-state index contributed by atoms with van der Waals surface area (Å²) in [6.07, 6.45) is 7.93. The second-order valence-corrected chi connectivity index (χ2v) is 4.62. The molecule has 0 amide bonds. The predicted molar refractivity (Wildman–Crippen MR) is 80.4 cm³/mol. The van der Waals surface area contributed by atoms with Gasteiger partial charge in [-0.3, -0.25) is 4.99 Å². The predicted octanol–water partition coefficient (Wildman–Crippen LogP) is 4.73. The van der Waals surface area contributed by atoms with Gasteiger partial charge in [0, 0.05) is 17.7 Å². The van der Waals surface area contributed by atoms with Crippen LogP contribution in [0.2, 0.25) is 5.02 Å². The summed E-state index contributed by atoms with van der Waals surface area (Å²) in [5.41, 5.74) is 1.06. The van der Waals surface area contributed by atoms with E-state index in [2.05, 4.69) is 23.8 Å². The van der Waals surface area contributed by atoms with E-state index in [1.807, 2.05) is 30.5 Å². The lowest BCUT2D eigenvalue weighted by Gasteiger charge is -1.92. The Balaban J connectivity index is 2.17. The molecular formula is C16H20ClN. The van der Waals surface area contributed by atoms with Gasteiger partial charge in [-0.05, 0) is 24.1 Å². The molecule has 0 aliphatic rings. The molecule has 1 rings (SSSR count). The number of benzene rings is 1. The first-order valence-electron chi connectivity index (χ1n) is 6.54. The van der Waals surface area contributed by atoms with E-state index < -0.39 is 0 Å². The fraction of sp³-hybridized carbons (Fsp3) is 0.438. The van der Waals surface area contributed by atoms with Crippen molar-refractivity contribution < 1.29 is 0 Å². The van der Waals surface area contributed by atoms with E-state index in [1.54, 1.807) is 0 Å². The molecule has 0 unspecified atom stereocenters. The van der Waals surface area contributed by atoms with Crippen molar-refractivity contribution in [3.8, 4) is 11.8 Å². The van der Waals surface area contributed by atoms with E-state index in [1.165, 1.54) is 25.7 Å². The summed E-state index contributed by atoms with van der Waals surface area (Å²) in [4.78, 5) is 4.26. The molecule has 1 nitrogen and oxygen atoms in total. The number of halogens is 1. The zero-order valence-corrected chi connectivity index (χ0v) is 11.7. The van der Waals surface area contributed by atoms with Crippen LogP contribution in [0, 0.1) is 11.8 Å². The molecule has 2 heteroatoms. The van der Waals surface area contributed by atoms with Crippen molar-refractivity contribution in [3.63, 3.8) is 0 Å². The molecule has 0 atom stereocenters. The van der Waals surface area contributed by atoms with Gasteiger partial charge in [-0.15, -0.1) is 5.92 Å². The maximum absolute atomic E-state index is 5.80. The third-order valence-corrected chi connectivity index (χ3v) is 2.81. The summed E-state index contributed by atoms with van der Waals surface area (Å²) >= 11 is 5.80. The summed E-state index contributed by atoms with van der Waals surface area (Å²) < 4.78 is 0. The van der Waals surface area contributed by atoms with E-state index in [4.69, 9.17) is 11.6 Å². The SMILES string of the molecule is CCCCCCC#CCN=Cc1ccc(Cl)cc1. The summed E-state index contributed by atoms with van der Waals surface area (Å²) in [5.74, 6) is 6.22. The molecular weight excluding hydrogens is 242 g/mol. The van der Waals surface area contributed by atoms with E-state index in [0.717, 1.165) is 17.0 Å². The quantitative estimate of drug-likeness (QED) is 0.399. The minimum Gasteiger partial charge on any atom is -0.280 e. The molecule has 0 heterocycles. The molecule has 1 aromatic rings. The number of hydrogen-bond acceptors (Lipinski definition) is 1. The van der Waals surface area contributed by atoms with Crippen molar-refractivity contribution in [2.24, 2.45) is 4.99 Å². The Morgan fingerprint density at radius 2 is 1.89 bits per heavy atom. The highest BCUT2D eigenvalue weighted by Crippen LogP contribution is 2.07. The molecule has 1 aromatic carbocycles. The summed E-state index contributed by atoms with van der Waals surface area (Å²) in [7, 11) is 0. The van der Waals surface area contributed by atoms with E-state index in [0.29, 0.717) is 6.54 Å². The van der Waals surface area contributed by atoms with Crippen LogP contribution in [0.3, 0.4) is 0 Å². The van der Waals surface area contributed by atoms with Crippen molar-refractivity contribution in [2.45, 2.75) is 39.0 Å². The molecule has 0 spiro atoms. The first-order chi connectivity index (χ1) is 8.83. The van der Waals surface area contributed by atoms with Crippen LogP contribution in [-0.2, 0) is 0 Å². The lowest BCUT2D eigenvalue weighted by Crippen LogP contribution is -1.82. The fourth-order valence-electron chi connectivity index (χ4n) is 1.53. The normalized spacial score (nSPS) is 10.3. The third-order valence-electron chi connectivity index (χ3n) is 2.56. The van der Waals surface area contributed by atoms with Crippen LogP contribution < -0.4 is 0 Å². The lowest BCUT2D eigenvalue weighted by atomic mass is 10.2. The number of rotatable bonds is 6. The van der Waals surface area contributed by atoms with Gasteiger partial charge in [-0.1, -0.05) is 55.8 Å². The Labute approximate surface area is 115 Å². The van der Waals surface area contributed by atoms with Crippen molar-refractivity contribution in [1.82, 2.24) is 0 Å².